The van der Waals surface area contributed by atoms with Crippen molar-refractivity contribution < 1.29 is 18.1 Å². The van der Waals surface area contributed by atoms with Crippen LogP contribution in [0.5, 0.6) is 0 Å². The van der Waals surface area contributed by atoms with Crippen LogP contribution in [0.4, 0.5) is 4.39 Å². The van der Waals surface area contributed by atoms with Crippen LogP contribution in [0.15, 0.2) is 33.2 Å². The van der Waals surface area contributed by atoms with Gasteiger partial charge < -0.3 is 14.3 Å². The quantitative estimate of drug-likeness (QED) is 0.794. The van der Waals surface area contributed by atoms with E-state index >= 15 is 0 Å². The Bertz CT molecular complexity index is 856. The molecule has 0 fully saturated rings. The number of halogens is 1. The van der Waals surface area contributed by atoms with Crippen molar-refractivity contribution >= 4 is 5.91 Å². The molecule has 1 amide bonds. The second-order valence-electron chi connectivity index (χ2n) is 4.82. The Hall–Kier alpha value is -3.03. The highest BCUT2D eigenvalue weighted by atomic mass is 19.1. The third kappa shape index (κ3) is 3.10. The van der Waals surface area contributed by atoms with Gasteiger partial charge in [-0.05, 0) is 19.1 Å². The van der Waals surface area contributed by atoms with Gasteiger partial charge in [-0.1, -0.05) is 17.3 Å². The topological polar surface area (TPSA) is 94.1 Å². The summed E-state index contributed by atoms with van der Waals surface area (Å²) < 4.78 is 23.9. The highest BCUT2D eigenvalue weighted by molar-refractivity contribution is 5.93. The van der Waals surface area contributed by atoms with Gasteiger partial charge in [0, 0.05) is 6.92 Å². The molecule has 1 aromatic carbocycles. The molecule has 2 heterocycles. The average Bonchev–Trinajstić information content (AvgIpc) is 3.12. The summed E-state index contributed by atoms with van der Waals surface area (Å²) in [5, 5.41) is 6.32. The molecule has 0 bridgehead atoms. The summed E-state index contributed by atoms with van der Waals surface area (Å²) in [6.07, 6.45) is 0. The summed E-state index contributed by atoms with van der Waals surface area (Å²) in [5.41, 5.74) is 0.417. The number of carbonyl (C=O) groups excluding carboxylic acids is 1. The van der Waals surface area contributed by atoms with Crippen molar-refractivity contribution in [1.29, 1.82) is 0 Å². The number of hydrogen-bond donors (Lipinski definition) is 1. The second-order valence-corrected chi connectivity index (χ2v) is 4.82. The van der Waals surface area contributed by atoms with E-state index in [-0.39, 0.29) is 29.5 Å². The molecular formula is C15H13FN4O3. The summed E-state index contributed by atoms with van der Waals surface area (Å²) in [6.45, 7) is 3.34. The maximum Gasteiger partial charge on any atom is 0.273 e. The Morgan fingerprint density at radius 2 is 2.04 bits per heavy atom. The van der Waals surface area contributed by atoms with Gasteiger partial charge in [-0.25, -0.2) is 9.37 Å². The number of rotatable bonds is 4. The highest BCUT2D eigenvalue weighted by Gasteiger charge is 2.17. The molecule has 118 valence electrons. The zero-order chi connectivity index (χ0) is 16.4. The first-order chi connectivity index (χ1) is 11.0. The maximum absolute atomic E-state index is 13.7. The lowest BCUT2D eigenvalue weighted by molar-refractivity contribution is 0.0943. The largest absolute Gasteiger partial charge is 0.445 e. The van der Waals surface area contributed by atoms with E-state index in [0.29, 0.717) is 11.7 Å². The van der Waals surface area contributed by atoms with E-state index in [1.54, 1.807) is 26.0 Å². The van der Waals surface area contributed by atoms with Crippen LogP contribution in [0.25, 0.3) is 11.5 Å². The average molecular weight is 316 g/mol. The van der Waals surface area contributed by atoms with Gasteiger partial charge >= 0.3 is 0 Å². The SMILES string of the molecule is Cc1nc(C(=O)NCc2noc(-c3ccccc3F)n2)c(C)o1. The fourth-order valence-electron chi connectivity index (χ4n) is 2.05. The Labute approximate surface area is 130 Å². The smallest absolute Gasteiger partial charge is 0.273 e. The van der Waals surface area contributed by atoms with Gasteiger partial charge in [0.15, 0.2) is 17.4 Å². The number of carbonyl (C=O) groups is 1. The van der Waals surface area contributed by atoms with Gasteiger partial charge in [-0.15, -0.1) is 0 Å². The van der Waals surface area contributed by atoms with Gasteiger partial charge in [0.1, 0.15) is 11.6 Å². The Morgan fingerprint density at radius 1 is 1.26 bits per heavy atom. The van der Waals surface area contributed by atoms with Crippen molar-refractivity contribution in [3.05, 3.63) is 53.3 Å². The molecule has 7 nitrogen and oxygen atoms in total. The van der Waals surface area contributed by atoms with Crippen LogP contribution in [0.3, 0.4) is 0 Å². The molecule has 0 radical (unpaired) electrons. The van der Waals surface area contributed by atoms with Crippen LogP contribution in [0.2, 0.25) is 0 Å². The van der Waals surface area contributed by atoms with Gasteiger partial charge in [-0.3, -0.25) is 4.79 Å². The maximum atomic E-state index is 13.7. The zero-order valence-electron chi connectivity index (χ0n) is 12.5. The number of amides is 1. The molecular weight excluding hydrogens is 303 g/mol. The van der Waals surface area contributed by atoms with Gasteiger partial charge in [0.05, 0.1) is 12.1 Å². The fraction of sp³-hybridized carbons (Fsp3) is 0.200. The first-order valence-electron chi connectivity index (χ1n) is 6.84. The van der Waals surface area contributed by atoms with Crippen LogP contribution >= 0.6 is 0 Å². The third-order valence-corrected chi connectivity index (χ3v) is 3.10. The lowest BCUT2D eigenvalue weighted by Gasteiger charge is -1.99. The number of nitrogens with zero attached hydrogens (tertiary/aromatic N) is 3. The number of aromatic nitrogens is 3. The van der Waals surface area contributed by atoms with Crippen molar-refractivity contribution in [3.8, 4) is 11.5 Å². The monoisotopic (exact) mass is 316 g/mol. The molecule has 0 saturated heterocycles. The molecule has 3 aromatic rings. The van der Waals surface area contributed by atoms with E-state index in [2.05, 4.69) is 20.4 Å². The predicted molar refractivity (Wildman–Crippen MR) is 76.8 cm³/mol. The lowest BCUT2D eigenvalue weighted by atomic mass is 10.2. The third-order valence-electron chi connectivity index (χ3n) is 3.10. The first-order valence-corrected chi connectivity index (χ1v) is 6.84. The van der Waals surface area contributed by atoms with Crippen molar-refractivity contribution in [3.63, 3.8) is 0 Å². The molecule has 23 heavy (non-hydrogen) atoms. The van der Waals surface area contributed by atoms with Gasteiger partial charge in [-0.2, -0.15) is 4.98 Å². The van der Waals surface area contributed by atoms with Gasteiger partial charge in [0.25, 0.3) is 11.8 Å². The Balaban J connectivity index is 1.69. The molecule has 3 rings (SSSR count). The minimum absolute atomic E-state index is 0.0299. The fourth-order valence-corrected chi connectivity index (χ4v) is 2.05. The first kappa shape index (κ1) is 14.9. The minimum Gasteiger partial charge on any atom is -0.445 e. The second kappa shape index (κ2) is 5.99. The predicted octanol–water partition coefficient (Wildman–Crippen LogP) is 2.41. The van der Waals surface area contributed by atoms with E-state index in [0.717, 1.165) is 0 Å². The van der Waals surface area contributed by atoms with E-state index in [9.17, 15) is 9.18 Å². The Kier molecular flexibility index (Phi) is 3.88. The Morgan fingerprint density at radius 3 is 2.74 bits per heavy atom. The summed E-state index contributed by atoms with van der Waals surface area (Å²) in [4.78, 5) is 20.1. The number of aryl methyl sites for hydroxylation is 2. The zero-order valence-corrected chi connectivity index (χ0v) is 12.5. The minimum atomic E-state index is -0.458. The van der Waals surface area contributed by atoms with Crippen molar-refractivity contribution in [2.24, 2.45) is 0 Å². The summed E-state index contributed by atoms with van der Waals surface area (Å²) in [5.74, 6) is 0.265. The molecule has 1 N–H and O–H groups in total. The van der Waals surface area contributed by atoms with Crippen LogP contribution in [-0.2, 0) is 6.54 Å². The molecule has 0 unspecified atom stereocenters. The molecule has 0 saturated carbocycles. The molecule has 8 heteroatoms. The standard InChI is InChI=1S/C15H13FN4O3/c1-8-13(18-9(2)22-8)14(21)17-7-12-19-15(23-20-12)10-5-3-4-6-11(10)16/h3-6H,7H2,1-2H3,(H,17,21). The molecule has 0 aliphatic carbocycles. The molecule has 0 atom stereocenters. The normalized spacial score (nSPS) is 10.7. The van der Waals surface area contributed by atoms with Crippen LogP contribution in [0, 0.1) is 19.7 Å². The lowest BCUT2D eigenvalue weighted by Crippen LogP contribution is -2.24. The molecule has 0 aliphatic heterocycles. The highest BCUT2D eigenvalue weighted by Crippen LogP contribution is 2.20. The van der Waals surface area contributed by atoms with Crippen molar-refractivity contribution in [2.45, 2.75) is 20.4 Å². The van der Waals surface area contributed by atoms with Crippen molar-refractivity contribution in [2.75, 3.05) is 0 Å². The van der Waals surface area contributed by atoms with E-state index in [1.165, 1.54) is 12.1 Å². The summed E-state index contributed by atoms with van der Waals surface area (Å²) >= 11 is 0. The van der Waals surface area contributed by atoms with Crippen LogP contribution in [-0.4, -0.2) is 21.0 Å². The number of hydrogen-bond acceptors (Lipinski definition) is 6. The number of nitrogens with one attached hydrogen (secondary N) is 1. The molecule has 0 spiro atoms. The number of benzene rings is 1. The summed E-state index contributed by atoms with van der Waals surface area (Å²) in [7, 11) is 0. The van der Waals surface area contributed by atoms with Crippen molar-refractivity contribution in [1.82, 2.24) is 20.4 Å². The number of oxazole rings is 1. The van der Waals surface area contributed by atoms with Crippen LogP contribution in [0.1, 0.15) is 28.0 Å². The van der Waals surface area contributed by atoms with Crippen LogP contribution < -0.4 is 5.32 Å². The molecule has 2 aromatic heterocycles. The van der Waals surface area contributed by atoms with E-state index < -0.39 is 11.7 Å². The summed E-state index contributed by atoms with van der Waals surface area (Å²) in [6, 6.07) is 6.07. The molecule has 0 aliphatic rings. The van der Waals surface area contributed by atoms with E-state index in [4.69, 9.17) is 8.94 Å². The van der Waals surface area contributed by atoms with E-state index in [1.807, 2.05) is 0 Å². The van der Waals surface area contributed by atoms with Gasteiger partial charge in [0.2, 0.25) is 0 Å².